The van der Waals surface area contributed by atoms with Gasteiger partial charge in [0.05, 0.1) is 11.4 Å². The van der Waals surface area contributed by atoms with Gasteiger partial charge in [-0.05, 0) is 54.8 Å². The number of aliphatic hydroxyl groups is 1. The van der Waals surface area contributed by atoms with Crippen LogP contribution in [0.2, 0.25) is 0 Å². The van der Waals surface area contributed by atoms with Gasteiger partial charge in [0.15, 0.2) is 0 Å². The molecule has 2 rings (SSSR count). The highest BCUT2D eigenvalue weighted by Gasteiger charge is 2.13. The second-order valence-corrected chi connectivity index (χ2v) is 5.49. The van der Waals surface area contributed by atoms with Gasteiger partial charge in [-0.15, -0.1) is 0 Å². The molecule has 1 heterocycles. The lowest BCUT2D eigenvalue weighted by Gasteiger charge is -2.13. The van der Waals surface area contributed by atoms with E-state index in [4.69, 9.17) is 0 Å². The van der Waals surface area contributed by atoms with E-state index >= 15 is 0 Å². The molecule has 4 heteroatoms. The Bertz CT molecular complexity index is 611. The number of halogens is 1. The van der Waals surface area contributed by atoms with E-state index in [1.54, 1.807) is 12.4 Å². The van der Waals surface area contributed by atoms with Crippen LogP contribution < -0.4 is 0 Å². The molecule has 0 amide bonds. The summed E-state index contributed by atoms with van der Waals surface area (Å²) in [6.45, 7) is 4.01. The van der Waals surface area contributed by atoms with Crippen molar-refractivity contribution in [3.63, 3.8) is 0 Å². The summed E-state index contributed by atoms with van der Waals surface area (Å²) in [6.07, 6.45) is 3.36. The fourth-order valence-electron chi connectivity index (χ4n) is 1.97. The largest absolute Gasteiger partial charge is 0.382 e. The maximum atomic E-state index is 10.4. The Morgan fingerprint density at radius 1 is 1.30 bits per heavy atom. The number of aryl methyl sites for hydroxylation is 1. The zero-order valence-corrected chi connectivity index (χ0v) is 13.1. The number of aliphatic hydroxyl groups excluding tert-OH is 1. The van der Waals surface area contributed by atoms with Crippen LogP contribution in [0.3, 0.4) is 0 Å². The second kappa shape index (κ2) is 6.77. The molecule has 3 nitrogen and oxygen atoms in total. The van der Waals surface area contributed by atoms with Gasteiger partial charge in [-0.3, -0.25) is 9.98 Å². The minimum Gasteiger partial charge on any atom is -0.382 e. The van der Waals surface area contributed by atoms with Crippen LogP contribution in [-0.4, -0.2) is 15.8 Å². The van der Waals surface area contributed by atoms with Crippen molar-refractivity contribution in [3.8, 4) is 0 Å². The van der Waals surface area contributed by atoms with Gasteiger partial charge in [0.25, 0.3) is 0 Å². The third-order valence-electron chi connectivity index (χ3n) is 3.12. The Kier molecular flexibility index (Phi) is 5.04. The van der Waals surface area contributed by atoms with E-state index in [1.807, 2.05) is 44.2 Å². The Morgan fingerprint density at radius 2 is 2.00 bits per heavy atom. The van der Waals surface area contributed by atoms with Crippen LogP contribution in [0, 0.1) is 6.92 Å². The molecule has 20 heavy (non-hydrogen) atoms. The lowest BCUT2D eigenvalue weighted by atomic mass is 10.0. The Hall–Kier alpha value is -1.52. The van der Waals surface area contributed by atoms with Crippen LogP contribution in [-0.2, 0) is 0 Å². The summed E-state index contributed by atoms with van der Waals surface area (Å²) in [5, 5.41) is 10.4. The summed E-state index contributed by atoms with van der Waals surface area (Å²) in [5.74, 6) is 0. The van der Waals surface area contributed by atoms with E-state index in [-0.39, 0.29) is 0 Å². The molecule has 0 saturated carbocycles. The highest BCUT2D eigenvalue weighted by Crippen LogP contribution is 2.25. The van der Waals surface area contributed by atoms with E-state index in [0.717, 1.165) is 27.0 Å². The van der Waals surface area contributed by atoms with E-state index in [0.29, 0.717) is 6.42 Å². The molecular weight excluding hydrogens is 316 g/mol. The first-order valence-corrected chi connectivity index (χ1v) is 7.32. The Balaban J connectivity index is 2.34. The number of nitrogens with zero attached hydrogens (tertiary/aromatic N) is 2. The summed E-state index contributed by atoms with van der Waals surface area (Å²) in [7, 11) is 0. The molecule has 0 spiro atoms. The number of hydrogen-bond acceptors (Lipinski definition) is 3. The molecule has 0 fully saturated rings. The average molecular weight is 333 g/mol. The summed E-state index contributed by atoms with van der Waals surface area (Å²) in [6, 6.07) is 9.55. The third-order valence-corrected chi connectivity index (χ3v) is 3.62. The lowest BCUT2D eigenvalue weighted by molar-refractivity contribution is 0.245. The van der Waals surface area contributed by atoms with Crippen molar-refractivity contribution in [2.24, 2.45) is 4.99 Å². The number of aromatic nitrogens is 1. The molecule has 1 atom stereocenters. The molecular formula is C16H17BrN2O. The molecule has 1 aromatic carbocycles. The van der Waals surface area contributed by atoms with E-state index in [2.05, 4.69) is 25.9 Å². The van der Waals surface area contributed by atoms with Crippen molar-refractivity contribution in [1.29, 1.82) is 0 Å². The number of benzene rings is 1. The van der Waals surface area contributed by atoms with Crippen LogP contribution in [0.1, 0.15) is 30.6 Å². The van der Waals surface area contributed by atoms with Crippen LogP contribution in [0.15, 0.2) is 52.2 Å². The number of rotatable bonds is 4. The van der Waals surface area contributed by atoms with Gasteiger partial charge in [-0.1, -0.05) is 22.9 Å². The van der Waals surface area contributed by atoms with Crippen LogP contribution in [0.25, 0.3) is 0 Å². The molecule has 0 saturated heterocycles. The molecule has 1 unspecified atom stereocenters. The quantitative estimate of drug-likeness (QED) is 0.845. The first-order valence-electron chi connectivity index (χ1n) is 6.53. The predicted octanol–water partition coefficient (Wildman–Crippen LogP) is 4.37. The molecule has 0 aliphatic heterocycles. The topological polar surface area (TPSA) is 45.5 Å². The fraction of sp³-hybridized carbons (Fsp3) is 0.250. The highest BCUT2D eigenvalue weighted by atomic mass is 79.9. The molecule has 104 valence electrons. The molecule has 0 bridgehead atoms. The lowest BCUT2D eigenvalue weighted by Crippen LogP contribution is -2.11. The van der Waals surface area contributed by atoms with Gasteiger partial charge in [0.1, 0.15) is 6.10 Å². The van der Waals surface area contributed by atoms with Crippen molar-refractivity contribution in [1.82, 2.24) is 4.98 Å². The molecule has 1 aromatic heterocycles. The summed E-state index contributed by atoms with van der Waals surface area (Å²) in [4.78, 5) is 8.58. The van der Waals surface area contributed by atoms with Gasteiger partial charge in [-0.25, -0.2) is 0 Å². The molecule has 0 aliphatic rings. The van der Waals surface area contributed by atoms with Gasteiger partial charge in [-0.2, -0.15) is 0 Å². The number of aliphatic imine (C=N–C) groups is 1. The summed E-state index contributed by atoms with van der Waals surface area (Å²) in [5.41, 5.74) is 3.53. The maximum Gasteiger partial charge on any atom is 0.117 e. The SMILES string of the molecule is CCC(=Nc1ccc(Br)cc1C)C(O)c1ccncc1. The van der Waals surface area contributed by atoms with Crippen LogP contribution >= 0.6 is 15.9 Å². The second-order valence-electron chi connectivity index (χ2n) is 4.57. The summed E-state index contributed by atoms with van der Waals surface area (Å²) >= 11 is 3.44. The van der Waals surface area contributed by atoms with Crippen molar-refractivity contribution < 1.29 is 5.11 Å². The van der Waals surface area contributed by atoms with Gasteiger partial charge < -0.3 is 5.11 Å². The van der Waals surface area contributed by atoms with E-state index < -0.39 is 6.10 Å². The fourth-order valence-corrected chi connectivity index (χ4v) is 2.45. The number of pyridine rings is 1. The zero-order valence-electron chi connectivity index (χ0n) is 11.5. The molecule has 2 aromatic rings. The summed E-state index contributed by atoms with van der Waals surface area (Å²) < 4.78 is 1.03. The smallest absolute Gasteiger partial charge is 0.117 e. The maximum absolute atomic E-state index is 10.4. The Morgan fingerprint density at radius 3 is 2.60 bits per heavy atom. The van der Waals surface area contributed by atoms with E-state index in [9.17, 15) is 5.11 Å². The minimum atomic E-state index is -0.689. The number of hydrogen-bond donors (Lipinski definition) is 1. The third kappa shape index (κ3) is 3.52. The molecule has 0 radical (unpaired) electrons. The van der Waals surface area contributed by atoms with Gasteiger partial charge >= 0.3 is 0 Å². The monoisotopic (exact) mass is 332 g/mol. The standard InChI is InChI=1S/C16H17BrN2O/c1-3-14(16(20)12-6-8-18-9-7-12)19-15-5-4-13(17)10-11(15)2/h4-10,16,20H,3H2,1-2H3. The van der Waals surface area contributed by atoms with Crippen molar-refractivity contribution in [2.75, 3.05) is 0 Å². The molecule has 0 aliphatic carbocycles. The van der Waals surface area contributed by atoms with Crippen molar-refractivity contribution in [2.45, 2.75) is 26.4 Å². The predicted molar refractivity (Wildman–Crippen MR) is 85.5 cm³/mol. The van der Waals surface area contributed by atoms with Crippen molar-refractivity contribution in [3.05, 3.63) is 58.3 Å². The van der Waals surface area contributed by atoms with Crippen LogP contribution in [0.5, 0.6) is 0 Å². The van der Waals surface area contributed by atoms with Gasteiger partial charge in [0.2, 0.25) is 0 Å². The minimum absolute atomic E-state index is 0.689. The first kappa shape index (κ1) is 14.9. The molecule has 1 N–H and O–H groups in total. The highest BCUT2D eigenvalue weighted by molar-refractivity contribution is 9.10. The normalized spacial score (nSPS) is 13.3. The Labute approximate surface area is 127 Å². The average Bonchev–Trinajstić information content (AvgIpc) is 2.47. The zero-order chi connectivity index (χ0) is 14.5. The van der Waals surface area contributed by atoms with Crippen molar-refractivity contribution >= 4 is 27.3 Å². The van der Waals surface area contributed by atoms with E-state index in [1.165, 1.54) is 0 Å². The van der Waals surface area contributed by atoms with Gasteiger partial charge in [0, 0.05) is 16.9 Å². The first-order chi connectivity index (χ1) is 9.61. The van der Waals surface area contributed by atoms with Crippen LogP contribution in [0.4, 0.5) is 5.69 Å².